The first kappa shape index (κ1) is 28.0. The summed E-state index contributed by atoms with van der Waals surface area (Å²) < 4.78 is 3.48. The Balaban J connectivity index is 1.73. The van der Waals surface area contributed by atoms with E-state index in [1.807, 2.05) is 0 Å². The molecule has 10 heteroatoms. The molecule has 0 spiro atoms. The van der Waals surface area contributed by atoms with Gasteiger partial charge in [-0.2, -0.15) is 0 Å². The van der Waals surface area contributed by atoms with Crippen LogP contribution in [-0.2, 0) is 21.8 Å². The minimum Gasteiger partial charge on any atom is -0.297 e. The van der Waals surface area contributed by atoms with Crippen LogP contribution in [0.5, 0.6) is 0 Å². The van der Waals surface area contributed by atoms with Crippen molar-refractivity contribution in [3.63, 3.8) is 0 Å². The van der Waals surface area contributed by atoms with E-state index in [1.165, 1.54) is 0 Å². The SMILES string of the molecule is CC(C)(C)c1nc(C(C)(C)CCC(C)(C)n2c(Br)nc3c(C(C)(C)C)nc(Br)nc32)nc2nccnc12. The molecule has 0 fully saturated rings. The summed E-state index contributed by atoms with van der Waals surface area (Å²) in [6, 6.07) is 0. The number of imidazole rings is 1. The van der Waals surface area contributed by atoms with Gasteiger partial charge in [-0.25, -0.2) is 34.9 Å². The van der Waals surface area contributed by atoms with Crippen molar-refractivity contribution in [2.45, 2.75) is 104 Å². The van der Waals surface area contributed by atoms with Crippen LogP contribution < -0.4 is 0 Å². The zero-order valence-electron chi connectivity index (χ0n) is 23.4. The van der Waals surface area contributed by atoms with Crippen molar-refractivity contribution in [3.8, 4) is 0 Å². The van der Waals surface area contributed by atoms with Gasteiger partial charge in [0.15, 0.2) is 20.8 Å². The van der Waals surface area contributed by atoms with E-state index < -0.39 is 0 Å². The molecular weight excluding hydrogens is 596 g/mol. The van der Waals surface area contributed by atoms with E-state index in [9.17, 15) is 0 Å². The lowest BCUT2D eigenvalue weighted by Gasteiger charge is -2.33. The van der Waals surface area contributed by atoms with E-state index in [2.05, 4.69) is 121 Å². The molecular formula is C27H36Br2N8. The number of nitrogens with zero attached hydrogens (tertiary/aromatic N) is 8. The standard InChI is InChI=1S/C27H36Br2N8/c1-24(2,3)17-15-19(31-14-13-30-15)35-21(33-17)26(7,8)11-12-27(9,10)37-20-16(32-23(37)29)18(25(4,5)6)34-22(28)36-20/h13-14H,11-12H2,1-10H3. The molecule has 8 nitrogen and oxygen atoms in total. The molecule has 0 aromatic carbocycles. The van der Waals surface area contributed by atoms with Crippen LogP contribution >= 0.6 is 31.9 Å². The third-order valence-electron chi connectivity index (χ3n) is 6.76. The van der Waals surface area contributed by atoms with Crippen molar-refractivity contribution in [1.82, 2.24) is 39.5 Å². The van der Waals surface area contributed by atoms with Crippen LogP contribution in [0.1, 0.15) is 99.3 Å². The second-order valence-corrected chi connectivity index (χ2v) is 14.5. The molecule has 4 rings (SSSR count). The molecule has 4 aromatic heterocycles. The highest BCUT2D eigenvalue weighted by molar-refractivity contribution is 9.10. The Hall–Kier alpha value is -2.07. The predicted octanol–water partition coefficient (Wildman–Crippen LogP) is 7.17. The summed E-state index contributed by atoms with van der Waals surface area (Å²) >= 11 is 7.25. The molecule has 4 aromatic rings. The minimum atomic E-state index is -0.294. The van der Waals surface area contributed by atoms with Gasteiger partial charge in [-0.05, 0) is 58.5 Å². The second kappa shape index (κ2) is 9.29. The van der Waals surface area contributed by atoms with Crippen molar-refractivity contribution in [3.05, 3.63) is 39.1 Å². The monoisotopic (exact) mass is 630 g/mol. The highest BCUT2D eigenvalue weighted by atomic mass is 79.9. The van der Waals surface area contributed by atoms with Crippen LogP contribution in [0.25, 0.3) is 22.3 Å². The number of hydrogen-bond donors (Lipinski definition) is 0. The Morgan fingerprint density at radius 3 is 1.89 bits per heavy atom. The molecule has 0 amide bonds. The lowest BCUT2D eigenvalue weighted by molar-refractivity contribution is 0.280. The number of rotatable bonds is 5. The summed E-state index contributed by atoms with van der Waals surface area (Å²) in [5.41, 5.74) is 3.95. The smallest absolute Gasteiger partial charge is 0.198 e. The molecule has 0 aliphatic carbocycles. The number of halogens is 2. The van der Waals surface area contributed by atoms with Crippen LogP contribution in [0.3, 0.4) is 0 Å². The van der Waals surface area contributed by atoms with Crippen LogP contribution in [0.2, 0.25) is 0 Å². The summed E-state index contributed by atoms with van der Waals surface area (Å²) in [6.45, 7) is 21.7. The Labute approximate surface area is 235 Å². The van der Waals surface area contributed by atoms with Crippen molar-refractivity contribution < 1.29 is 0 Å². The van der Waals surface area contributed by atoms with Gasteiger partial charge in [-0.15, -0.1) is 0 Å². The second-order valence-electron chi connectivity index (χ2n) is 13.1. The van der Waals surface area contributed by atoms with Gasteiger partial charge in [0.05, 0.1) is 11.4 Å². The van der Waals surface area contributed by atoms with Crippen LogP contribution in [0, 0.1) is 0 Å². The Morgan fingerprint density at radius 1 is 0.676 bits per heavy atom. The Kier molecular flexibility index (Phi) is 7.02. The first-order valence-electron chi connectivity index (χ1n) is 12.5. The molecule has 0 atom stereocenters. The maximum Gasteiger partial charge on any atom is 0.198 e. The zero-order valence-corrected chi connectivity index (χ0v) is 26.6. The van der Waals surface area contributed by atoms with Crippen molar-refractivity contribution in [1.29, 1.82) is 0 Å². The average Bonchev–Trinajstić information content (AvgIpc) is 3.11. The molecule has 0 saturated carbocycles. The van der Waals surface area contributed by atoms with Crippen LogP contribution in [-0.4, -0.2) is 39.5 Å². The van der Waals surface area contributed by atoms with Gasteiger partial charge in [-0.1, -0.05) is 55.4 Å². The van der Waals surface area contributed by atoms with E-state index in [-0.39, 0.29) is 21.8 Å². The van der Waals surface area contributed by atoms with Gasteiger partial charge >= 0.3 is 0 Å². The summed E-state index contributed by atoms with van der Waals surface area (Å²) in [4.78, 5) is 33.2. The van der Waals surface area contributed by atoms with Crippen molar-refractivity contribution >= 4 is 54.2 Å². The largest absolute Gasteiger partial charge is 0.297 e. The summed E-state index contributed by atoms with van der Waals surface area (Å²) in [5, 5.41) is 0. The van der Waals surface area contributed by atoms with Crippen LogP contribution in [0.15, 0.2) is 21.9 Å². The lowest BCUT2D eigenvalue weighted by Crippen LogP contribution is -2.32. The minimum absolute atomic E-state index is 0.171. The molecule has 198 valence electrons. The first-order valence-corrected chi connectivity index (χ1v) is 14.1. The molecule has 0 aliphatic rings. The zero-order chi connectivity index (χ0) is 27.6. The predicted molar refractivity (Wildman–Crippen MR) is 155 cm³/mol. The van der Waals surface area contributed by atoms with Gasteiger partial charge < -0.3 is 0 Å². The number of fused-ring (bicyclic) bond motifs is 2. The van der Waals surface area contributed by atoms with Gasteiger partial charge in [0.2, 0.25) is 0 Å². The number of hydrogen-bond acceptors (Lipinski definition) is 7. The van der Waals surface area contributed by atoms with Gasteiger partial charge in [0.25, 0.3) is 0 Å². The quantitative estimate of drug-likeness (QED) is 0.170. The number of aromatic nitrogens is 8. The van der Waals surface area contributed by atoms with E-state index in [0.29, 0.717) is 10.4 Å². The van der Waals surface area contributed by atoms with E-state index in [1.54, 1.807) is 12.4 Å². The van der Waals surface area contributed by atoms with Crippen molar-refractivity contribution in [2.75, 3.05) is 0 Å². The van der Waals surface area contributed by atoms with Crippen LogP contribution in [0.4, 0.5) is 0 Å². The topological polar surface area (TPSA) is 95.2 Å². The summed E-state index contributed by atoms with van der Waals surface area (Å²) in [6.07, 6.45) is 5.09. The lowest BCUT2D eigenvalue weighted by atomic mass is 9.81. The van der Waals surface area contributed by atoms with Crippen molar-refractivity contribution in [2.24, 2.45) is 0 Å². The van der Waals surface area contributed by atoms with E-state index in [0.717, 1.165) is 51.5 Å². The molecule has 0 N–H and O–H groups in total. The van der Waals surface area contributed by atoms with E-state index in [4.69, 9.17) is 19.9 Å². The summed E-state index contributed by atoms with van der Waals surface area (Å²) in [5.74, 6) is 0.788. The first-order chi connectivity index (χ1) is 16.9. The summed E-state index contributed by atoms with van der Waals surface area (Å²) in [7, 11) is 0. The Bertz CT molecular complexity index is 1480. The average molecular weight is 632 g/mol. The highest BCUT2D eigenvalue weighted by Crippen LogP contribution is 2.38. The molecule has 4 heterocycles. The third-order valence-corrected chi connectivity index (χ3v) is 7.65. The van der Waals surface area contributed by atoms with E-state index >= 15 is 0 Å². The fourth-order valence-corrected chi connectivity index (χ4v) is 5.67. The van der Waals surface area contributed by atoms with Gasteiger partial charge in [0.1, 0.15) is 16.9 Å². The fourth-order valence-electron chi connectivity index (χ4n) is 4.50. The Morgan fingerprint density at radius 2 is 1.27 bits per heavy atom. The van der Waals surface area contributed by atoms with Gasteiger partial charge in [0, 0.05) is 34.2 Å². The highest BCUT2D eigenvalue weighted by Gasteiger charge is 2.35. The maximum absolute atomic E-state index is 5.06. The molecule has 0 unspecified atom stereocenters. The molecule has 0 bridgehead atoms. The fraction of sp³-hybridized carbons (Fsp3) is 0.593. The molecule has 37 heavy (non-hydrogen) atoms. The van der Waals surface area contributed by atoms with Gasteiger partial charge in [-0.3, -0.25) is 4.57 Å². The molecule has 0 radical (unpaired) electrons. The molecule has 0 saturated heterocycles. The normalized spacial score (nSPS) is 13.6. The molecule has 0 aliphatic heterocycles. The maximum atomic E-state index is 5.06. The third kappa shape index (κ3) is 5.41.